The number of halogens is 4. The molecule has 12 heteroatoms. The van der Waals surface area contributed by atoms with Gasteiger partial charge in [-0.2, -0.15) is 13.2 Å². The molecule has 1 fully saturated rings. The van der Waals surface area contributed by atoms with Crippen LogP contribution >= 0.6 is 0 Å². The van der Waals surface area contributed by atoms with E-state index in [0.29, 0.717) is 4.68 Å². The Labute approximate surface area is 144 Å². The minimum absolute atomic E-state index is 0.0656. The van der Waals surface area contributed by atoms with Gasteiger partial charge in [-0.3, -0.25) is 9.48 Å². The van der Waals surface area contributed by atoms with Crippen LogP contribution in [0.2, 0.25) is 0 Å². The van der Waals surface area contributed by atoms with Gasteiger partial charge < -0.3 is 19.2 Å². The molecule has 8 nitrogen and oxygen atoms in total. The highest BCUT2D eigenvalue weighted by atomic mass is 19.4. The lowest BCUT2D eigenvalue weighted by Gasteiger charge is -2.12. The summed E-state index contributed by atoms with van der Waals surface area (Å²) in [5.41, 5.74) is -1.11. The van der Waals surface area contributed by atoms with Crippen LogP contribution in [0, 0.1) is 0 Å². The molecular formula is C14H14F4N4O4. The van der Waals surface area contributed by atoms with Crippen LogP contribution in [0.1, 0.15) is 22.1 Å². The smallest absolute Gasteiger partial charge is 0.433 e. The summed E-state index contributed by atoms with van der Waals surface area (Å²) in [6.45, 7) is -0.768. The number of ether oxygens (including phenoxy) is 1. The van der Waals surface area contributed by atoms with Crippen molar-refractivity contribution < 1.29 is 36.6 Å². The zero-order valence-corrected chi connectivity index (χ0v) is 13.4. The highest BCUT2D eigenvalue weighted by Crippen LogP contribution is 2.31. The average Bonchev–Trinajstić information content (AvgIpc) is 3.24. The third-order valence-corrected chi connectivity index (χ3v) is 3.77. The Morgan fingerprint density at radius 2 is 2.19 bits per heavy atom. The molecule has 1 saturated heterocycles. The minimum Gasteiger partial charge on any atom is -0.467 e. The van der Waals surface area contributed by atoms with Gasteiger partial charge in [0.15, 0.2) is 12.3 Å². The Balaban J connectivity index is 1.62. The normalized spacial score (nSPS) is 20.6. The van der Waals surface area contributed by atoms with Crippen LogP contribution < -0.4 is 4.74 Å². The standard InChI is InChI=1S/C14H14F4N4O4/c1-21-10(14(16,17)18)2-11(20-21)26-6-12-19-8(5-25-12)13(24)22-3-7(15)9(23)4-22/h2,5,7,9,23H,3-4,6H2,1H3/t7-,9-/m1/s1. The van der Waals surface area contributed by atoms with Crippen LogP contribution in [-0.4, -0.2) is 56.0 Å². The summed E-state index contributed by atoms with van der Waals surface area (Å²) in [5, 5.41) is 12.9. The molecule has 0 aliphatic carbocycles. The van der Waals surface area contributed by atoms with Crippen molar-refractivity contribution in [1.29, 1.82) is 0 Å². The van der Waals surface area contributed by atoms with Crippen molar-refractivity contribution >= 4 is 5.91 Å². The summed E-state index contributed by atoms with van der Waals surface area (Å²) in [4.78, 5) is 17.1. The molecule has 3 rings (SSSR count). The topological polar surface area (TPSA) is 93.6 Å². The van der Waals surface area contributed by atoms with Crippen LogP contribution in [-0.2, 0) is 19.8 Å². The number of aliphatic hydroxyl groups is 1. The molecule has 26 heavy (non-hydrogen) atoms. The van der Waals surface area contributed by atoms with Gasteiger partial charge in [0.05, 0.1) is 13.1 Å². The first-order chi connectivity index (χ1) is 12.1. The zero-order chi connectivity index (χ0) is 19.1. The lowest BCUT2D eigenvalue weighted by atomic mass is 10.3. The average molecular weight is 378 g/mol. The number of hydrogen-bond acceptors (Lipinski definition) is 6. The van der Waals surface area contributed by atoms with E-state index < -0.39 is 30.1 Å². The van der Waals surface area contributed by atoms with E-state index in [1.54, 1.807) is 0 Å². The van der Waals surface area contributed by atoms with E-state index in [2.05, 4.69) is 10.1 Å². The maximum absolute atomic E-state index is 13.3. The Hall–Kier alpha value is -2.63. The number of β-amino-alcohol motifs (C(OH)–C–C–N with tert-alkyl or cyclic N) is 1. The number of alkyl halides is 4. The number of nitrogens with zero attached hydrogens (tertiary/aromatic N) is 4. The number of likely N-dealkylation sites (tertiary alicyclic amines) is 1. The van der Waals surface area contributed by atoms with Crippen molar-refractivity contribution in [1.82, 2.24) is 19.7 Å². The summed E-state index contributed by atoms with van der Waals surface area (Å²) in [6.07, 6.45) is -6.32. The third-order valence-electron chi connectivity index (χ3n) is 3.77. The molecule has 0 aromatic carbocycles. The molecule has 1 amide bonds. The summed E-state index contributed by atoms with van der Waals surface area (Å²) in [6, 6.07) is 0.724. The predicted octanol–water partition coefficient (Wildman–Crippen LogP) is 1.16. The second kappa shape index (κ2) is 6.59. The van der Waals surface area contributed by atoms with E-state index in [1.165, 1.54) is 0 Å². The van der Waals surface area contributed by atoms with Crippen molar-refractivity contribution in [3.8, 4) is 5.88 Å². The van der Waals surface area contributed by atoms with Gasteiger partial charge >= 0.3 is 6.18 Å². The lowest BCUT2D eigenvalue weighted by Crippen LogP contribution is -2.29. The van der Waals surface area contributed by atoms with Gasteiger partial charge in [0.2, 0.25) is 11.8 Å². The summed E-state index contributed by atoms with van der Waals surface area (Å²) < 4.78 is 62.1. The first-order valence-electron chi connectivity index (χ1n) is 7.45. The largest absolute Gasteiger partial charge is 0.467 e. The summed E-state index contributed by atoms with van der Waals surface area (Å²) >= 11 is 0. The predicted molar refractivity (Wildman–Crippen MR) is 75.9 cm³/mol. The minimum atomic E-state index is -4.57. The quantitative estimate of drug-likeness (QED) is 0.803. The Morgan fingerprint density at radius 3 is 2.77 bits per heavy atom. The van der Waals surface area contributed by atoms with Crippen molar-refractivity contribution in [2.75, 3.05) is 13.1 Å². The number of oxazole rings is 1. The van der Waals surface area contributed by atoms with Crippen LogP contribution in [0.5, 0.6) is 5.88 Å². The van der Waals surface area contributed by atoms with E-state index in [0.717, 1.165) is 24.3 Å². The van der Waals surface area contributed by atoms with Gasteiger partial charge in [-0.05, 0) is 0 Å². The van der Waals surface area contributed by atoms with Crippen molar-refractivity contribution in [2.24, 2.45) is 7.05 Å². The van der Waals surface area contributed by atoms with Crippen LogP contribution in [0.4, 0.5) is 17.6 Å². The number of aliphatic hydroxyl groups excluding tert-OH is 1. The SMILES string of the molecule is Cn1nc(OCc2nc(C(=O)N3C[C@@H](O)[C@H](F)C3)co2)cc1C(F)(F)F. The Bertz CT molecular complexity index is 793. The molecule has 2 atom stereocenters. The van der Waals surface area contributed by atoms with Crippen molar-refractivity contribution in [2.45, 2.75) is 25.1 Å². The first kappa shape index (κ1) is 18.2. The van der Waals surface area contributed by atoms with Crippen molar-refractivity contribution in [3.05, 3.63) is 29.6 Å². The number of rotatable bonds is 4. The van der Waals surface area contributed by atoms with Crippen LogP contribution in [0.15, 0.2) is 16.7 Å². The molecule has 0 bridgehead atoms. The number of amides is 1. The van der Waals surface area contributed by atoms with E-state index in [4.69, 9.17) is 9.15 Å². The van der Waals surface area contributed by atoms with Gasteiger partial charge in [0.1, 0.15) is 24.2 Å². The van der Waals surface area contributed by atoms with Gasteiger partial charge in [-0.1, -0.05) is 0 Å². The molecule has 3 heterocycles. The number of aryl methyl sites for hydroxylation is 1. The Kier molecular flexibility index (Phi) is 4.61. The van der Waals surface area contributed by atoms with Crippen LogP contribution in [0.3, 0.4) is 0 Å². The van der Waals surface area contributed by atoms with Gasteiger partial charge in [-0.25, -0.2) is 9.37 Å². The maximum atomic E-state index is 13.3. The van der Waals surface area contributed by atoms with Gasteiger partial charge in [0.25, 0.3) is 5.91 Å². The number of carbonyl (C=O) groups is 1. The fraction of sp³-hybridized carbons (Fsp3) is 0.500. The second-order valence-electron chi connectivity index (χ2n) is 5.70. The highest BCUT2D eigenvalue weighted by Gasteiger charge is 2.36. The molecule has 2 aromatic heterocycles. The zero-order valence-electron chi connectivity index (χ0n) is 13.4. The van der Waals surface area contributed by atoms with Crippen LogP contribution in [0.25, 0.3) is 0 Å². The molecular weight excluding hydrogens is 364 g/mol. The Morgan fingerprint density at radius 1 is 1.46 bits per heavy atom. The van der Waals surface area contributed by atoms with Gasteiger partial charge in [-0.15, -0.1) is 5.10 Å². The molecule has 1 aliphatic rings. The van der Waals surface area contributed by atoms with E-state index in [-0.39, 0.29) is 37.2 Å². The molecule has 0 saturated carbocycles. The first-order valence-corrected chi connectivity index (χ1v) is 7.45. The van der Waals surface area contributed by atoms with Gasteiger partial charge in [0, 0.05) is 13.1 Å². The number of aromatic nitrogens is 3. The third kappa shape index (κ3) is 3.64. The molecule has 0 unspecified atom stereocenters. The highest BCUT2D eigenvalue weighted by molar-refractivity contribution is 5.92. The maximum Gasteiger partial charge on any atom is 0.433 e. The number of carbonyl (C=O) groups excluding carboxylic acids is 1. The molecule has 142 valence electrons. The lowest BCUT2D eigenvalue weighted by molar-refractivity contribution is -0.143. The van der Waals surface area contributed by atoms with E-state index in [9.17, 15) is 27.5 Å². The molecule has 1 N–H and O–H groups in total. The van der Waals surface area contributed by atoms with E-state index >= 15 is 0 Å². The van der Waals surface area contributed by atoms with E-state index in [1.807, 2.05) is 0 Å². The summed E-state index contributed by atoms with van der Waals surface area (Å²) in [5.74, 6) is -0.977. The monoisotopic (exact) mass is 378 g/mol. The fourth-order valence-corrected chi connectivity index (χ4v) is 2.46. The molecule has 0 spiro atoms. The molecule has 0 radical (unpaired) electrons. The molecule has 1 aliphatic heterocycles. The number of hydrogen-bond donors (Lipinski definition) is 1. The fourth-order valence-electron chi connectivity index (χ4n) is 2.46. The van der Waals surface area contributed by atoms with Crippen molar-refractivity contribution in [3.63, 3.8) is 0 Å². The summed E-state index contributed by atoms with van der Waals surface area (Å²) in [7, 11) is 1.13. The molecule has 2 aromatic rings. The second-order valence-corrected chi connectivity index (χ2v) is 5.70.